The predicted molar refractivity (Wildman–Crippen MR) is 224 cm³/mol. The van der Waals surface area contributed by atoms with Gasteiger partial charge in [0.05, 0.1) is 29.4 Å². The quantitative estimate of drug-likeness (QED) is 0.0332. The fraction of sp³-hybridized carbons (Fsp3) is 0.683. The topological polar surface area (TPSA) is 273 Å². The molecule has 0 aromatic rings. The van der Waals surface area contributed by atoms with Crippen LogP contribution in [0.15, 0.2) is 23.8 Å². The Labute approximate surface area is 368 Å². The molecule has 3 aliphatic carbocycles. The second-order valence-electron chi connectivity index (χ2n) is 16.1. The minimum absolute atomic E-state index is 0.00984. The number of aliphatic hydroxyl groups is 1. The fourth-order valence-electron chi connectivity index (χ4n) is 9.07. The number of rotatable bonds is 23. The smallest absolute Gasteiger partial charge is 0.306 e. The molecule has 0 saturated heterocycles. The Balaban J connectivity index is 1.62. The summed E-state index contributed by atoms with van der Waals surface area (Å²) in [7, 11) is 0. The monoisotopic (exact) mass is 943 g/mol. The van der Waals surface area contributed by atoms with Crippen LogP contribution in [0.1, 0.15) is 92.4 Å². The van der Waals surface area contributed by atoms with Gasteiger partial charge < -0.3 is 46.3 Å². The van der Waals surface area contributed by atoms with Crippen molar-refractivity contribution in [2.75, 3.05) is 31.8 Å². The van der Waals surface area contributed by atoms with E-state index in [-0.39, 0.29) is 42.2 Å². The van der Waals surface area contributed by atoms with E-state index in [9.17, 15) is 48.3 Å². The van der Waals surface area contributed by atoms with Crippen LogP contribution in [0.4, 0.5) is 0 Å². The number of aliphatic hydroxyl groups excluding tert-OH is 1. The van der Waals surface area contributed by atoms with Crippen molar-refractivity contribution >= 4 is 80.6 Å². The fourth-order valence-corrected chi connectivity index (χ4v) is 9.61. The van der Waals surface area contributed by atoms with E-state index in [1.807, 2.05) is 26.8 Å². The summed E-state index contributed by atoms with van der Waals surface area (Å²) in [4.78, 5) is 112. The molecule has 1 unspecified atom stereocenters. The lowest BCUT2D eigenvalue weighted by Gasteiger charge is -2.57. The van der Waals surface area contributed by atoms with E-state index in [0.29, 0.717) is 32.1 Å². The van der Waals surface area contributed by atoms with Gasteiger partial charge >= 0.3 is 11.9 Å². The van der Waals surface area contributed by atoms with Crippen LogP contribution in [0, 0.1) is 23.2 Å². The Bertz CT molecular complexity index is 1760. The van der Waals surface area contributed by atoms with Gasteiger partial charge in [0.25, 0.3) is 0 Å². The number of hydrogen-bond donors (Lipinski definition) is 7. The van der Waals surface area contributed by atoms with Crippen LogP contribution in [0.25, 0.3) is 0 Å². The van der Waals surface area contributed by atoms with Crippen molar-refractivity contribution in [3.05, 3.63) is 23.8 Å². The van der Waals surface area contributed by atoms with Gasteiger partial charge in [-0.3, -0.25) is 43.2 Å². The minimum Gasteiger partial charge on any atom is -0.481 e. The number of carbonyl (C=O) groups excluding carboxylic acids is 8. The summed E-state index contributed by atoms with van der Waals surface area (Å²) >= 11 is 10.2. The molecule has 5 amide bonds. The summed E-state index contributed by atoms with van der Waals surface area (Å²) in [5.74, 6) is -7.16. The highest BCUT2D eigenvalue weighted by molar-refractivity contribution is 9.09. The minimum atomic E-state index is -1.70. The molecule has 18 nitrogen and oxygen atoms in total. The van der Waals surface area contributed by atoms with Crippen LogP contribution in [0.2, 0.25) is 0 Å². The molecule has 340 valence electrons. The molecule has 20 heteroatoms. The molecule has 3 aliphatic rings. The molecule has 3 rings (SSSR count). The number of hydrogen-bond acceptors (Lipinski definition) is 12. The summed E-state index contributed by atoms with van der Waals surface area (Å²) in [6, 6.07) is -2.57. The Morgan fingerprint density at radius 3 is 2.31 bits per heavy atom. The molecule has 0 aromatic heterocycles. The molecular weight excluding hydrogens is 886 g/mol. The van der Waals surface area contributed by atoms with E-state index in [4.69, 9.17) is 26.2 Å². The number of carboxylic acid groups (broad SMARTS) is 1. The van der Waals surface area contributed by atoms with Gasteiger partial charge in [0, 0.05) is 24.2 Å². The Kier molecular flexibility index (Phi) is 19.1. The zero-order valence-corrected chi connectivity index (χ0v) is 37.6. The largest absolute Gasteiger partial charge is 0.481 e. The Morgan fingerprint density at radius 2 is 1.69 bits per heavy atom. The van der Waals surface area contributed by atoms with Crippen molar-refractivity contribution in [3.63, 3.8) is 0 Å². The van der Waals surface area contributed by atoms with Crippen molar-refractivity contribution in [1.29, 1.82) is 0 Å². The van der Waals surface area contributed by atoms with Crippen molar-refractivity contribution < 1.29 is 62.8 Å². The second-order valence-corrected chi connectivity index (χ2v) is 17.4. The van der Waals surface area contributed by atoms with Gasteiger partial charge in [-0.25, -0.2) is 0 Å². The third-order valence-electron chi connectivity index (χ3n) is 12.2. The third-order valence-corrected chi connectivity index (χ3v) is 13.5. The maximum absolute atomic E-state index is 14.4. The van der Waals surface area contributed by atoms with Crippen LogP contribution in [0.5, 0.6) is 0 Å². The molecule has 0 heterocycles. The second kappa shape index (κ2) is 22.8. The van der Waals surface area contributed by atoms with E-state index in [1.54, 1.807) is 13.0 Å². The van der Waals surface area contributed by atoms with Crippen molar-refractivity contribution in [2.45, 2.75) is 121 Å². The van der Waals surface area contributed by atoms with Gasteiger partial charge in [0.1, 0.15) is 25.4 Å². The average Bonchev–Trinajstić information content (AvgIpc) is 3.43. The molecule has 9 atom stereocenters. The average molecular weight is 945 g/mol. The highest BCUT2D eigenvalue weighted by atomic mass is 79.9. The highest BCUT2D eigenvalue weighted by Crippen LogP contribution is 2.67. The number of halogens is 2. The SMILES string of the molecule is CCC(=O)O[C@]1(C(=O)COCNC(=O)CNC(=O)[C@H](C)NC(=O)[C@H](CCC(=O)O)NC(=O)CNC(=O)CBr)[C@@H](C)CC2[C@H](CCC3=CC(=O)C=CC3)[C@@](Cl)(CC)[C@@H](O)C[C@@]21C. The number of alkyl halides is 2. The zero-order chi connectivity index (χ0) is 45.7. The molecule has 0 bridgehead atoms. The predicted octanol–water partition coefficient (Wildman–Crippen LogP) is 1.49. The van der Waals surface area contributed by atoms with Crippen molar-refractivity contribution in [3.8, 4) is 0 Å². The molecule has 0 aliphatic heterocycles. The normalized spacial score (nSPS) is 27.7. The maximum Gasteiger partial charge on any atom is 0.306 e. The lowest BCUT2D eigenvalue weighted by atomic mass is 9.53. The van der Waals surface area contributed by atoms with E-state index in [0.717, 1.165) is 5.57 Å². The number of amides is 5. The standard InChI is InChI=1S/C41H59BrClN5O13/c1-6-36(57)61-41(23(3)15-28-27(12-11-25-9-8-10-26(49)16-25)40(43,7-2)30(50)17-39(28,41)5)31(51)21-60-22-46-33(53)19-45-37(58)24(4)47-38(59)29(13-14-35(55)56)48-34(54)20-44-32(52)18-42/h8,10,16,23-24,27-30,50H,6-7,9,11-15,17-22H2,1-5H3,(H,44,52)(H,45,58)(H,46,53)(H,47,59)(H,48,54)(H,55,56)/t23-,24-,27-,28?,29-,30-,39-,40-,41-/m0/s1. The van der Waals surface area contributed by atoms with Gasteiger partial charge in [-0.15, -0.1) is 11.6 Å². The van der Waals surface area contributed by atoms with E-state index < -0.39 is 120 Å². The molecule has 61 heavy (non-hydrogen) atoms. The van der Waals surface area contributed by atoms with Gasteiger partial charge in [-0.05, 0) is 75.9 Å². The number of aliphatic carboxylic acids is 1. The lowest BCUT2D eigenvalue weighted by Crippen LogP contribution is -2.65. The maximum atomic E-state index is 14.4. The van der Waals surface area contributed by atoms with E-state index in [1.165, 1.54) is 13.0 Å². The first kappa shape index (κ1) is 51.2. The first-order chi connectivity index (χ1) is 28.7. The van der Waals surface area contributed by atoms with Crippen molar-refractivity contribution in [2.24, 2.45) is 23.2 Å². The van der Waals surface area contributed by atoms with Gasteiger partial charge in [-0.1, -0.05) is 55.3 Å². The molecule has 2 fully saturated rings. The molecule has 0 radical (unpaired) electrons. The summed E-state index contributed by atoms with van der Waals surface area (Å²) in [5.41, 5.74) is -1.81. The summed E-state index contributed by atoms with van der Waals surface area (Å²) in [6.07, 6.45) is 5.81. The molecule has 0 aromatic carbocycles. The third kappa shape index (κ3) is 12.7. The van der Waals surface area contributed by atoms with Gasteiger partial charge in [0.15, 0.2) is 11.4 Å². The van der Waals surface area contributed by atoms with Gasteiger partial charge in [-0.2, -0.15) is 0 Å². The van der Waals surface area contributed by atoms with E-state index >= 15 is 0 Å². The molecule has 7 N–H and O–H groups in total. The first-order valence-electron chi connectivity index (χ1n) is 20.5. The highest BCUT2D eigenvalue weighted by Gasteiger charge is 2.73. The number of ketones is 2. The summed E-state index contributed by atoms with van der Waals surface area (Å²) < 4.78 is 11.8. The van der Waals surface area contributed by atoms with Gasteiger partial charge in [0.2, 0.25) is 35.3 Å². The Hall–Kier alpha value is -4.20. The number of ether oxygens (including phenoxy) is 2. The van der Waals surface area contributed by atoms with Crippen LogP contribution in [0.3, 0.4) is 0 Å². The van der Waals surface area contributed by atoms with Crippen LogP contribution < -0.4 is 26.6 Å². The van der Waals surface area contributed by atoms with Crippen LogP contribution in [-0.2, 0) is 52.6 Å². The number of Topliss-reactive ketones (excluding diaryl/α,β-unsaturated/α-hetero) is 1. The number of carbonyl (C=O) groups is 9. The lowest BCUT2D eigenvalue weighted by molar-refractivity contribution is -0.200. The van der Waals surface area contributed by atoms with Crippen molar-refractivity contribution in [1.82, 2.24) is 26.6 Å². The first-order valence-corrected chi connectivity index (χ1v) is 22.0. The molecule has 0 spiro atoms. The summed E-state index contributed by atoms with van der Waals surface area (Å²) in [5, 5.41) is 32.5. The number of nitrogens with one attached hydrogen (secondary N) is 5. The summed E-state index contributed by atoms with van der Waals surface area (Å²) in [6.45, 7) is 6.44. The number of carboxylic acids is 1. The number of fused-ring (bicyclic) bond motifs is 1. The molecule has 2 saturated carbocycles. The van der Waals surface area contributed by atoms with Crippen LogP contribution >= 0.6 is 27.5 Å². The number of esters is 1. The van der Waals surface area contributed by atoms with E-state index in [2.05, 4.69) is 42.5 Å². The molecular formula is C41H59BrClN5O13. The zero-order valence-electron chi connectivity index (χ0n) is 35.2. The Morgan fingerprint density at radius 1 is 1.00 bits per heavy atom. The number of allylic oxidation sites excluding steroid dienone is 4. The van der Waals surface area contributed by atoms with Crippen LogP contribution in [-0.4, -0.2) is 124 Å².